The first-order valence-electron chi connectivity index (χ1n) is 4.43. The molecule has 1 heteroatoms. The summed E-state index contributed by atoms with van der Waals surface area (Å²) >= 11 is 0. The lowest BCUT2D eigenvalue weighted by Crippen LogP contribution is -2.21. The Morgan fingerprint density at radius 3 is 2.40 bits per heavy atom. The van der Waals surface area contributed by atoms with Crippen molar-refractivity contribution in [2.24, 2.45) is 11.8 Å². The molecule has 0 saturated carbocycles. The quantitative estimate of drug-likeness (QED) is 0.542. The van der Waals surface area contributed by atoms with E-state index in [0.717, 1.165) is 11.8 Å². The van der Waals surface area contributed by atoms with Gasteiger partial charge in [0.25, 0.3) is 0 Å². The Balaban J connectivity index is 2.02. The molecule has 10 heavy (non-hydrogen) atoms. The fraction of sp³-hybridized carbons (Fsp3) is 1.00. The molecule has 2 aliphatic rings. The van der Waals surface area contributed by atoms with Crippen LogP contribution in [0.5, 0.6) is 0 Å². The van der Waals surface area contributed by atoms with Gasteiger partial charge in [-0.2, -0.15) is 0 Å². The van der Waals surface area contributed by atoms with Crippen molar-refractivity contribution in [3.05, 3.63) is 0 Å². The van der Waals surface area contributed by atoms with Crippen molar-refractivity contribution in [3.63, 3.8) is 0 Å². The molecule has 0 radical (unpaired) electrons. The van der Waals surface area contributed by atoms with E-state index < -0.39 is 0 Å². The second kappa shape index (κ2) is 2.23. The van der Waals surface area contributed by atoms with Gasteiger partial charge in [0.1, 0.15) is 0 Å². The van der Waals surface area contributed by atoms with Gasteiger partial charge in [-0.1, -0.05) is 13.8 Å². The predicted molar refractivity (Wildman–Crippen MR) is 40.8 cm³/mol. The molecule has 2 saturated heterocycles. The van der Waals surface area contributed by atoms with E-state index in [-0.39, 0.29) is 0 Å². The third-order valence-corrected chi connectivity index (χ3v) is 3.01. The molecule has 0 aromatic rings. The van der Waals surface area contributed by atoms with Gasteiger partial charge in [-0.3, -0.25) is 0 Å². The minimum Gasteiger partial charge on any atom is -0.375 e. The average Bonchev–Trinajstić information content (AvgIpc) is 2.44. The highest BCUT2D eigenvalue weighted by Gasteiger charge is 2.41. The molecule has 1 unspecified atom stereocenters. The monoisotopic (exact) mass is 140 g/mol. The van der Waals surface area contributed by atoms with Crippen LogP contribution in [0.15, 0.2) is 0 Å². The van der Waals surface area contributed by atoms with Crippen molar-refractivity contribution in [1.29, 1.82) is 0 Å². The Labute approximate surface area is 62.8 Å². The SMILES string of the molecule is CC(C)C1C[C@@H]2CC[C@H]1O2. The van der Waals surface area contributed by atoms with Crippen molar-refractivity contribution in [2.45, 2.75) is 45.3 Å². The molecule has 0 aromatic heterocycles. The normalized spacial score (nSPS) is 45.3. The van der Waals surface area contributed by atoms with E-state index >= 15 is 0 Å². The number of hydrogen-bond donors (Lipinski definition) is 0. The van der Waals surface area contributed by atoms with E-state index in [1.54, 1.807) is 0 Å². The Morgan fingerprint density at radius 2 is 2.10 bits per heavy atom. The van der Waals surface area contributed by atoms with Crippen molar-refractivity contribution < 1.29 is 4.74 Å². The Kier molecular flexibility index (Phi) is 1.48. The summed E-state index contributed by atoms with van der Waals surface area (Å²) < 4.78 is 5.75. The van der Waals surface area contributed by atoms with Gasteiger partial charge in [-0.25, -0.2) is 0 Å². The lowest BCUT2D eigenvalue weighted by atomic mass is 9.82. The molecule has 58 valence electrons. The van der Waals surface area contributed by atoms with E-state index in [1.165, 1.54) is 19.3 Å². The van der Waals surface area contributed by atoms with Crippen LogP contribution >= 0.6 is 0 Å². The summed E-state index contributed by atoms with van der Waals surface area (Å²) in [5.41, 5.74) is 0. The maximum absolute atomic E-state index is 5.75. The van der Waals surface area contributed by atoms with Gasteiger partial charge >= 0.3 is 0 Å². The summed E-state index contributed by atoms with van der Waals surface area (Å²) in [6.45, 7) is 4.63. The van der Waals surface area contributed by atoms with Crippen LogP contribution < -0.4 is 0 Å². The van der Waals surface area contributed by atoms with E-state index in [1.807, 2.05) is 0 Å². The Hall–Kier alpha value is -0.0400. The summed E-state index contributed by atoms with van der Waals surface area (Å²) in [6.07, 6.45) is 5.26. The zero-order chi connectivity index (χ0) is 7.14. The van der Waals surface area contributed by atoms with Gasteiger partial charge in [0.2, 0.25) is 0 Å². The van der Waals surface area contributed by atoms with Gasteiger partial charge in [0.15, 0.2) is 0 Å². The van der Waals surface area contributed by atoms with Crippen LogP contribution in [0.3, 0.4) is 0 Å². The van der Waals surface area contributed by atoms with E-state index in [4.69, 9.17) is 4.74 Å². The summed E-state index contributed by atoms with van der Waals surface area (Å²) in [5.74, 6) is 1.70. The highest BCUT2D eigenvalue weighted by Crippen LogP contribution is 2.41. The Morgan fingerprint density at radius 1 is 1.30 bits per heavy atom. The summed E-state index contributed by atoms with van der Waals surface area (Å²) in [5, 5.41) is 0. The van der Waals surface area contributed by atoms with Crippen LogP contribution in [0.2, 0.25) is 0 Å². The molecule has 2 rings (SSSR count). The molecule has 0 amide bonds. The zero-order valence-electron chi connectivity index (χ0n) is 6.84. The molecule has 0 aromatic carbocycles. The first-order valence-corrected chi connectivity index (χ1v) is 4.43. The van der Waals surface area contributed by atoms with Gasteiger partial charge < -0.3 is 4.74 Å². The number of ether oxygens (including phenoxy) is 1. The summed E-state index contributed by atoms with van der Waals surface area (Å²) in [4.78, 5) is 0. The van der Waals surface area contributed by atoms with Crippen LogP contribution in [-0.2, 0) is 4.74 Å². The highest BCUT2D eigenvalue weighted by atomic mass is 16.5. The maximum atomic E-state index is 5.75. The number of hydrogen-bond acceptors (Lipinski definition) is 1. The molecule has 2 bridgehead atoms. The number of fused-ring (bicyclic) bond motifs is 2. The van der Waals surface area contributed by atoms with Crippen molar-refractivity contribution in [3.8, 4) is 0 Å². The molecular weight excluding hydrogens is 124 g/mol. The van der Waals surface area contributed by atoms with Crippen LogP contribution in [0.1, 0.15) is 33.1 Å². The second-order valence-corrected chi connectivity index (χ2v) is 4.02. The third-order valence-electron chi connectivity index (χ3n) is 3.01. The maximum Gasteiger partial charge on any atom is 0.0611 e. The molecule has 1 nitrogen and oxygen atoms in total. The average molecular weight is 140 g/mol. The fourth-order valence-corrected chi connectivity index (χ4v) is 2.38. The largest absolute Gasteiger partial charge is 0.375 e. The second-order valence-electron chi connectivity index (χ2n) is 4.02. The van der Waals surface area contributed by atoms with E-state index in [2.05, 4.69) is 13.8 Å². The molecule has 2 aliphatic heterocycles. The van der Waals surface area contributed by atoms with Crippen LogP contribution in [0, 0.1) is 11.8 Å². The zero-order valence-corrected chi connectivity index (χ0v) is 6.84. The van der Waals surface area contributed by atoms with Gasteiger partial charge in [0.05, 0.1) is 12.2 Å². The van der Waals surface area contributed by atoms with Gasteiger partial charge in [0, 0.05) is 0 Å². The predicted octanol–water partition coefficient (Wildman–Crippen LogP) is 2.21. The van der Waals surface area contributed by atoms with Crippen molar-refractivity contribution in [1.82, 2.24) is 0 Å². The van der Waals surface area contributed by atoms with Crippen LogP contribution in [-0.4, -0.2) is 12.2 Å². The lowest BCUT2D eigenvalue weighted by Gasteiger charge is -2.21. The van der Waals surface area contributed by atoms with Crippen molar-refractivity contribution in [2.75, 3.05) is 0 Å². The lowest BCUT2D eigenvalue weighted by molar-refractivity contribution is 0.0851. The van der Waals surface area contributed by atoms with Crippen LogP contribution in [0.25, 0.3) is 0 Å². The van der Waals surface area contributed by atoms with E-state index in [0.29, 0.717) is 12.2 Å². The first kappa shape index (κ1) is 6.66. The first-order chi connectivity index (χ1) is 4.77. The molecule has 3 atom stereocenters. The van der Waals surface area contributed by atoms with Crippen molar-refractivity contribution >= 4 is 0 Å². The van der Waals surface area contributed by atoms with Crippen LogP contribution in [0.4, 0.5) is 0 Å². The summed E-state index contributed by atoms with van der Waals surface area (Å²) in [6, 6.07) is 0. The smallest absolute Gasteiger partial charge is 0.0611 e. The molecule has 0 N–H and O–H groups in total. The minimum absolute atomic E-state index is 0.630. The molecule has 2 heterocycles. The molecule has 0 spiro atoms. The Bertz CT molecular complexity index is 131. The van der Waals surface area contributed by atoms with Gasteiger partial charge in [-0.15, -0.1) is 0 Å². The van der Waals surface area contributed by atoms with E-state index in [9.17, 15) is 0 Å². The summed E-state index contributed by atoms with van der Waals surface area (Å²) in [7, 11) is 0. The molecule has 2 fully saturated rings. The highest BCUT2D eigenvalue weighted by molar-refractivity contribution is 4.90. The minimum atomic E-state index is 0.630. The van der Waals surface area contributed by atoms with Gasteiger partial charge in [-0.05, 0) is 31.1 Å². The topological polar surface area (TPSA) is 9.23 Å². The standard InChI is InChI=1S/C9H16O/c1-6(2)8-5-7-3-4-9(8)10-7/h6-9H,3-5H2,1-2H3/t7-,8?,9+/m0/s1. The number of rotatable bonds is 1. The molecular formula is C9H16O. The fourth-order valence-electron chi connectivity index (χ4n) is 2.38. The molecule has 0 aliphatic carbocycles. The third kappa shape index (κ3) is 0.878.